The summed E-state index contributed by atoms with van der Waals surface area (Å²) in [7, 11) is 1.57. The first-order valence-electron chi connectivity index (χ1n) is 7.67. The van der Waals surface area contributed by atoms with E-state index in [0.29, 0.717) is 11.3 Å². The van der Waals surface area contributed by atoms with Crippen LogP contribution in [0.3, 0.4) is 0 Å². The second-order valence-electron chi connectivity index (χ2n) is 5.81. The molecule has 3 rings (SSSR count). The summed E-state index contributed by atoms with van der Waals surface area (Å²) in [5.74, 6) is 0.537. The standard InChI is InChI=1S/C17H20N2O2/c1-21-15-10-6-9-13-14(11-18)19(17(20)16(13)15)12-7-4-2-3-5-8-12/h6,9-10,12,14H,2-5,7-8H2,1H3. The van der Waals surface area contributed by atoms with Crippen molar-refractivity contribution in [3.8, 4) is 11.8 Å². The Morgan fingerprint density at radius 3 is 2.57 bits per heavy atom. The quantitative estimate of drug-likeness (QED) is 0.782. The van der Waals surface area contributed by atoms with Gasteiger partial charge in [0.25, 0.3) is 5.91 Å². The van der Waals surface area contributed by atoms with Crippen LogP contribution < -0.4 is 4.74 Å². The largest absolute Gasteiger partial charge is 0.496 e. The second-order valence-corrected chi connectivity index (χ2v) is 5.81. The van der Waals surface area contributed by atoms with E-state index in [2.05, 4.69) is 6.07 Å². The fourth-order valence-electron chi connectivity index (χ4n) is 3.62. The number of carbonyl (C=O) groups is 1. The van der Waals surface area contributed by atoms with Gasteiger partial charge in [-0.1, -0.05) is 37.8 Å². The highest BCUT2D eigenvalue weighted by Gasteiger charge is 2.42. The Morgan fingerprint density at radius 1 is 1.24 bits per heavy atom. The van der Waals surface area contributed by atoms with E-state index in [-0.39, 0.29) is 11.9 Å². The van der Waals surface area contributed by atoms with Gasteiger partial charge in [-0.15, -0.1) is 0 Å². The Labute approximate surface area is 125 Å². The summed E-state index contributed by atoms with van der Waals surface area (Å²) in [6.45, 7) is 0. The van der Waals surface area contributed by atoms with Gasteiger partial charge >= 0.3 is 0 Å². The summed E-state index contributed by atoms with van der Waals surface area (Å²) in [4.78, 5) is 14.7. The highest BCUT2D eigenvalue weighted by Crippen LogP contribution is 2.41. The highest BCUT2D eigenvalue weighted by atomic mass is 16.5. The lowest BCUT2D eigenvalue weighted by Crippen LogP contribution is -2.37. The van der Waals surface area contributed by atoms with Crippen LogP contribution in [0.2, 0.25) is 0 Å². The van der Waals surface area contributed by atoms with Crippen LogP contribution in [0.25, 0.3) is 0 Å². The molecule has 1 heterocycles. The molecule has 4 heteroatoms. The first-order chi connectivity index (χ1) is 10.3. The Kier molecular flexibility index (Phi) is 3.83. The highest BCUT2D eigenvalue weighted by molar-refractivity contribution is 6.02. The minimum absolute atomic E-state index is 0.0408. The van der Waals surface area contributed by atoms with Crippen molar-refractivity contribution in [1.29, 1.82) is 5.26 Å². The third kappa shape index (κ3) is 2.27. The van der Waals surface area contributed by atoms with Crippen LogP contribution in [0, 0.1) is 11.3 Å². The van der Waals surface area contributed by atoms with Crippen molar-refractivity contribution in [3.63, 3.8) is 0 Å². The zero-order valence-electron chi connectivity index (χ0n) is 12.3. The van der Waals surface area contributed by atoms with Gasteiger partial charge in [0.2, 0.25) is 0 Å². The van der Waals surface area contributed by atoms with E-state index in [0.717, 1.165) is 31.2 Å². The molecule has 1 aliphatic carbocycles. The zero-order valence-corrected chi connectivity index (χ0v) is 12.3. The van der Waals surface area contributed by atoms with Crippen molar-refractivity contribution >= 4 is 5.91 Å². The predicted octanol–water partition coefficient (Wildman–Crippen LogP) is 3.44. The monoisotopic (exact) mass is 284 g/mol. The van der Waals surface area contributed by atoms with Crippen LogP contribution in [0.5, 0.6) is 5.75 Å². The van der Waals surface area contributed by atoms with Gasteiger partial charge in [0.05, 0.1) is 18.7 Å². The maximum absolute atomic E-state index is 12.9. The van der Waals surface area contributed by atoms with Crippen LogP contribution in [0.15, 0.2) is 18.2 Å². The number of methoxy groups -OCH3 is 1. The lowest BCUT2D eigenvalue weighted by atomic mass is 10.0. The van der Waals surface area contributed by atoms with E-state index in [9.17, 15) is 10.1 Å². The molecule has 0 radical (unpaired) electrons. The molecule has 21 heavy (non-hydrogen) atoms. The summed E-state index contributed by atoms with van der Waals surface area (Å²) in [6.07, 6.45) is 6.73. The van der Waals surface area contributed by atoms with E-state index in [1.54, 1.807) is 18.1 Å². The number of hydrogen-bond donors (Lipinski definition) is 0. The van der Waals surface area contributed by atoms with Crippen LogP contribution in [0.4, 0.5) is 0 Å². The summed E-state index contributed by atoms with van der Waals surface area (Å²) in [6, 6.07) is 7.56. The molecule has 4 nitrogen and oxygen atoms in total. The minimum Gasteiger partial charge on any atom is -0.496 e. The molecule has 2 aliphatic rings. The molecule has 1 atom stereocenters. The molecule has 1 aromatic rings. The van der Waals surface area contributed by atoms with Gasteiger partial charge in [-0.25, -0.2) is 0 Å². The smallest absolute Gasteiger partial charge is 0.259 e. The number of ether oxygens (including phenoxy) is 1. The van der Waals surface area contributed by atoms with Gasteiger partial charge < -0.3 is 9.64 Å². The third-order valence-corrected chi connectivity index (χ3v) is 4.64. The molecular weight excluding hydrogens is 264 g/mol. The molecule has 0 aromatic heterocycles. The Hall–Kier alpha value is -2.02. The first kappa shape index (κ1) is 13.9. The fourth-order valence-corrected chi connectivity index (χ4v) is 3.62. The third-order valence-electron chi connectivity index (χ3n) is 4.64. The number of rotatable bonds is 2. The van der Waals surface area contributed by atoms with E-state index in [4.69, 9.17) is 4.74 Å². The predicted molar refractivity (Wildman–Crippen MR) is 79.0 cm³/mol. The normalized spacial score (nSPS) is 22.6. The Balaban J connectivity index is 2.00. The van der Waals surface area contributed by atoms with Gasteiger partial charge in [0.1, 0.15) is 11.8 Å². The topological polar surface area (TPSA) is 53.3 Å². The van der Waals surface area contributed by atoms with E-state index in [1.165, 1.54) is 12.8 Å². The summed E-state index contributed by atoms with van der Waals surface area (Å²) >= 11 is 0. The fraction of sp³-hybridized carbons (Fsp3) is 0.529. The molecule has 1 aromatic carbocycles. The summed E-state index contributed by atoms with van der Waals surface area (Å²) in [5.41, 5.74) is 1.38. The molecule has 1 unspecified atom stereocenters. The second kappa shape index (κ2) is 5.77. The lowest BCUT2D eigenvalue weighted by Gasteiger charge is -2.29. The van der Waals surface area contributed by atoms with Crippen molar-refractivity contribution in [2.24, 2.45) is 0 Å². The molecule has 0 spiro atoms. The van der Waals surface area contributed by atoms with E-state index >= 15 is 0 Å². The molecule has 110 valence electrons. The molecule has 1 fully saturated rings. The van der Waals surface area contributed by atoms with Crippen molar-refractivity contribution in [1.82, 2.24) is 4.90 Å². The number of nitriles is 1. The number of fused-ring (bicyclic) bond motifs is 1. The molecule has 1 saturated carbocycles. The van der Waals surface area contributed by atoms with Gasteiger partial charge in [0, 0.05) is 11.6 Å². The average molecular weight is 284 g/mol. The molecular formula is C17H20N2O2. The lowest BCUT2D eigenvalue weighted by molar-refractivity contribution is 0.0652. The van der Waals surface area contributed by atoms with Crippen LogP contribution in [-0.4, -0.2) is 24.0 Å². The minimum atomic E-state index is -0.467. The van der Waals surface area contributed by atoms with Crippen molar-refractivity contribution in [2.45, 2.75) is 50.6 Å². The van der Waals surface area contributed by atoms with E-state index < -0.39 is 6.04 Å². The maximum Gasteiger partial charge on any atom is 0.259 e. The number of carbonyl (C=O) groups excluding carboxylic acids is 1. The van der Waals surface area contributed by atoms with Gasteiger partial charge in [-0.2, -0.15) is 5.26 Å². The van der Waals surface area contributed by atoms with E-state index in [1.807, 2.05) is 12.1 Å². The van der Waals surface area contributed by atoms with Gasteiger partial charge in [0.15, 0.2) is 0 Å². The Morgan fingerprint density at radius 2 is 1.95 bits per heavy atom. The molecule has 1 amide bonds. The van der Waals surface area contributed by atoms with Gasteiger partial charge in [-0.05, 0) is 18.9 Å². The van der Waals surface area contributed by atoms with Gasteiger partial charge in [-0.3, -0.25) is 4.79 Å². The van der Waals surface area contributed by atoms with Crippen molar-refractivity contribution < 1.29 is 9.53 Å². The average Bonchev–Trinajstić information content (AvgIpc) is 2.70. The number of hydrogen-bond acceptors (Lipinski definition) is 3. The van der Waals surface area contributed by atoms with Crippen LogP contribution in [0.1, 0.15) is 60.5 Å². The van der Waals surface area contributed by atoms with Crippen molar-refractivity contribution in [2.75, 3.05) is 7.11 Å². The zero-order chi connectivity index (χ0) is 14.8. The summed E-state index contributed by atoms with van der Waals surface area (Å²) < 4.78 is 5.32. The van der Waals surface area contributed by atoms with Crippen molar-refractivity contribution in [3.05, 3.63) is 29.3 Å². The molecule has 0 saturated heterocycles. The molecule has 1 aliphatic heterocycles. The first-order valence-corrected chi connectivity index (χ1v) is 7.67. The van der Waals surface area contributed by atoms with Crippen LogP contribution in [-0.2, 0) is 0 Å². The maximum atomic E-state index is 12.9. The number of amides is 1. The number of nitrogens with zero attached hydrogens (tertiary/aromatic N) is 2. The SMILES string of the molecule is COc1cccc2c1C(=O)N(C1CCCCCC1)C2C#N. The van der Waals surface area contributed by atoms with Crippen LogP contribution >= 0.6 is 0 Å². The molecule has 0 N–H and O–H groups in total. The Bertz CT molecular complexity index is 583. The molecule has 0 bridgehead atoms. The number of benzene rings is 1. The summed E-state index contributed by atoms with van der Waals surface area (Å²) in [5, 5.41) is 9.58.